The third-order valence-corrected chi connectivity index (χ3v) is 4.38. The lowest BCUT2D eigenvalue weighted by Gasteiger charge is -2.13. The molecule has 1 aromatic heterocycles. The van der Waals surface area contributed by atoms with Gasteiger partial charge < -0.3 is 13.9 Å². The molecule has 3 rings (SSSR count). The zero-order valence-electron chi connectivity index (χ0n) is 16.7. The molecule has 2 aromatic carbocycles. The summed E-state index contributed by atoms with van der Waals surface area (Å²) in [5.74, 6) is 1.91. The Kier molecular flexibility index (Phi) is 6.14. The molecule has 0 bridgehead atoms. The van der Waals surface area contributed by atoms with Gasteiger partial charge in [0.1, 0.15) is 6.26 Å². The van der Waals surface area contributed by atoms with Crippen LogP contribution < -0.4 is 9.47 Å². The third kappa shape index (κ3) is 4.60. The van der Waals surface area contributed by atoms with E-state index in [9.17, 15) is 4.79 Å². The molecule has 0 saturated heterocycles. The van der Waals surface area contributed by atoms with Crippen molar-refractivity contribution in [2.24, 2.45) is 0 Å². The van der Waals surface area contributed by atoms with Crippen molar-refractivity contribution in [3.8, 4) is 23.0 Å². The minimum absolute atomic E-state index is 0.0247. The Morgan fingerprint density at radius 3 is 2.64 bits per heavy atom. The molecule has 0 atom stereocenters. The van der Waals surface area contributed by atoms with Gasteiger partial charge in [-0.15, -0.1) is 0 Å². The second-order valence-corrected chi connectivity index (χ2v) is 6.91. The Labute approximate surface area is 165 Å². The van der Waals surface area contributed by atoms with Gasteiger partial charge in [-0.1, -0.05) is 24.3 Å². The van der Waals surface area contributed by atoms with Crippen LogP contribution in [0.25, 0.3) is 11.5 Å². The molecule has 146 valence electrons. The average molecular weight is 379 g/mol. The number of oxazole rings is 1. The lowest BCUT2D eigenvalue weighted by Crippen LogP contribution is -2.06. The number of carbonyl (C=O) groups is 1. The average Bonchev–Trinajstić information content (AvgIpc) is 3.15. The molecular weight excluding hydrogens is 354 g/mol. The summed E-state index contributed by atoms with van der Waals surface area (Å²) in [5.41, 5.74) is 3.30. The first-order valence-corrected chi connectivity index (χ1v) is 9.36. The highest BCUT2D eigenvalue weighted by Crippen LogP contribution is 2.33. The van der Waals surface area contributed by atoms with Gasteiger partial charge >= 0.3 is 0 Å². The van der Waals surface area contributed by atoms with Crippen molar-refractivity contribution in [2.45, 2.75) is 39.7 Å². The summed E-state index contributed by atoms with van der Waals surface area (Å²) < 4.78 is 16.8. The van der Waals surface area contributed by atoms with E-state index in [0.29, 0.717) is 30.2 Å². The monoisotopic (exact) mass is 379 g/mol. The van der Waals surface area contributed by atoms with Crippen LogP contribution in [0.1, 0.15) is 41.9 Å². The third-order valence-electron chi connectivity index (χ3n) is 4.38. The normalized spacial score (nSPS) is 10.9. The molecule has 0 aliphatic carbocycles. The standard InChI is InChI=1S/C23H25NO4/c1-15(2)28-22-13-17(9-12-21(22)26-4)23-24-18(14-27-23)10-11-20(25)19-8-6-5-7-16(19)3/h5-9,12-15H,10-11H2,1-4H3. The highest BCUT2D eigenvalue weighted by Gasteiger charge is 2.14. The van der Waals surface area contributed by atoms with Crippen LogP contribution in [-0.2, 0) is 6.42 Å². The van der Waals surface area contributed by atoms with Gasteiger partial charge in [0.25, 0.3) is 0 Å². The van der Waals surface area contributed by atoms with Gasteiger partial charge in [0, 0.05) is 24.0 Å². The summed E-state index contributed by atoms with van der Waals surface area (Å²) in [6.07, 6.45) is 2.55. The van der Waals surface area contributed by atoms with Crippen LogP contribution in [0.15, 0.2) is 53.1 Å². The molecule has 28 heavy (non-hydrogen) atoms. The molecule has 0 spiro atoms. The number of rotatable bonds is 8. The number of aromatic nitrogens is 1. The fourth-order valence-electron chi connectivity index (χ4n) is 2.97. The number of ketones is 1. The van der Waals surface area contributed by atoms with Gasteiger partial charge in [-0.2, -0.15) is 0 Å². The maximum absolute atomic E-state index is 12.4. The van der Waals surface area contributed by atoms with Gasteiger partial charge in [0.2, 0.25) is 5.89 Å². The van der Waals surface area contributed by atoms with E-state index >= 15 is 0 Å². The van der Waals surface area contributed by atoms with Crippen LogP contribution in [0.5, 0.6) is 11.5 Å². The van der Waals surface area contributed by atoms with Gasteiger partial charge in [-0.3, -0.25) is 4.79 Å². The number of carbonyl (C=O) groups excluding carboxylic acids is 1. The van der Waals surface area contributed by atoms with Crippen molar-refractivity contribution in [2.75, 3.05) is 7.11 Å². The van der Waals surface area contributed by atoms with Crippen molar-refractivity contribution in [1.82, 2.24) is 4.98 Å². The van der Waals surface area contributed by atoms with E-state index in [1.807, 2.05) is 63.2 Å². The number of ether oxygens (including phenoxy) is 2. The molecule has 0 radical (unpaired) electrons. The van der Waals surface area contributed by atoms with Gasteiger partial charge in [0.05, 0.1) is 18.9 Å². The van der Waals surface area contributed by atoms with Crippen molar-refractivity contribution in [3.05, 3.63) is 65.5 Å². The molecule has 0 amide bonds. The molecule has 0 saturated carbocycles. The van der Waals surface area contributed by atoms with Crippen molar-refractivity contribution < 1.29 is 18.7 Å². The first-order valence-electron chi connectivity index (χ1n) is 9.36. The molecule has 0 fully saturated rings. The maximum Gasteiger partial charge on any atom is 0.226 e. The van der Waals surface area contributed by atoms with E-state index in [4.69, 9.17) is 13.9 Å². The zero-order valence-corrected chi connectivity index (χ0v) is 16.7. The number of hydrogen-bond donors (Lipinski definition) is 0. The fraction of sp³-hybridized carbons (Fsp3) is 0.304. The number of methoxy groups -OCH3 is 1. The Morgan fingerprint density at radius 2 is 1.93 bits per heavy atom. The van der Waals surface area contributed by atoms with Gasteiger partial charge in [-0.05, 0) is 44.5 Å². The largest absolute Gasteiger partial charge is 0.493 e. The van der Waals surface area contributed by atoms with Crippen LogP contribution in [-0.4, -0.2) is 24.0 Å². The summed E-state index contributed by atoms with van der Waals surface area (Å²) >= 11 is 0. The van der Waals surface area contributed by atoms with E-state index in [2.05, 4.69) is 4.98 Å². The summed E-state index contributed by atoms with van der Waals surface area (Å²) in [6.45, 7) is 5.86. The Bertz CT molecular complexity index is 959. The zero-order chi connectivity index (χ0) is 20.1. The van der Waals surface area contributed by atoms with Crippen molar-refractivity contribution in [1.29, 1.82) is 0 Å². The Morgan fingerprint density at radius 1 is 1.14 bits per heavy atom. The van der Waals surface area contributed by atoms with Crippen LogP contribution >= 0.6 is 0 Å². The van der Waals surface area contributed by atoms with Crippen molar-refractivity contribution in [3.63, 3.8) is 0 Å². The summed E-state index contributed by atoms with van der Waals surface area (Å²) in [4.78, 5) is 17.0. The molecule has 0 unspecified atom stereocenters. The van der Waals surface area contributed by atoms with E-state index in [-0.39, 0.29) is 11.9 Å². The smallest absolute Gasteiger partial charge is 0.226 e. The summed E-state index contributed by atoms with van der Waals surface area (Å²) in [5, 5.41) is 0. The molecule has 0 aliphatic heterocycles. The van der Waals surface area contributed by atoms with Gasteiger partial charge in [0.15, 0.2) is 17.3 Å². The molecule has 0 aliphatic rings. The number of hydrogen-bond acceptors (Lipinski definition) is 5. The Balaban J connectivity index is 1.72. The predicted octanol–water partition coefficient (Wildman–Crippen LogP) is 5.26. The van der Waals surface area contributed by atoms with E-state index in [1.165, 1.54) is 0 Å². The van der Waals surface area contributed by atoms with Gasteiger partial charge in [-0.25, -0.2) is 4.98 Å². The minimum atomic E-state index is 0.0247. The SMILES string of the molecule is COc1ccc(-c2nc(CCC(=O)c3ccccc3C)co2)cc1OC(C)C. The fourth-order valence-corrected chi connectivity index (χ4v) is 2.97. The topological polar surface area (TPSA) is 61.6 Å². The Hall–Kier alpha value is -3.08. The number of nitrogens with zero attached hydrogens (tertiary/aromatic N) is 1. The highest BCUT2D eigenvalue weighted by molar-refractivity contribution is 5.97. The van der Waals surface area contributed by atoms with Crippen molar-refractivity contribution >= 4 is 5.78 Å². The van der Waals surface area contributed by atoms with Crippen LogP contribution in [0.2, 0.25) is 0 Å². The molecule has 1 heterocycles. The van der Waals surface area contributed by atoms with E-state index in [0.717, 1.165) is 22.4 Å². The highest BCUT2D eigenvalue weighted by atomic mass is 16.5. The maximum atomic E-state index is 12.4. The van der Waals surface area contributed by atoms with Crippen LogP contribution in [0, 0.1) is 6.92 Å². The first-order chi connectivity index (χ1) is 13.5. The van der Waals surface area contributed by atoms with E-state index < -0.39 is 0 Å². The molecule has 0 N–H and O–H groups in total. The summed E-state index contributed by atoms with van der Waals surface area (Å²) in [6, 6.07) is 13.2. The molecule has 5 nitrogen and oxygen atoms in total. The number of aryl methyl sites for hydroxylation is 2. The predicted molar refractivity (Wildman–Crippen MR) is 108 cm³/mol. The lowest BCUT2D eigenvalue weighted by molar-refractivity contribution is 0.0982. The van der Waals surface area contributed by atoms with E-state index in [1.54, 1.807) is 13.4 Å². The quantitative estimate of drug-likeness (QED) is 0.500. The van der Waals surface area contributed by atoms with Crippen LogP contribution in [0.4, 0.5) is 0 Å². The molecular formula is C23H25NO4. The molecule has 5 heteroatoms. The second kappa shape index (κ2) is 8.74. The minimum Gasteiger partial charge on any atom is -0.493 e. The molecule has 3 aromatic rings. The second-order valence-electron chi connectivity index (χ2n) is 6.91. The lowest BCUT2D eigenvalue weighted by atomic mass is 10.0. The first kappa shape index (κ1) is 19.7. The van der Waals surface area contributed by atoms with Crippen LogP contribution in [0.3, 0.4) is 0 Å². The number of Topliss-reactive ketones (excluding diaryl/α,β-unsaturated/α-hetero) is 1. The summed E-state index contributed by atoms with van der Waals surface area (Å²) in [7, 11) is 1.61. The number of benzene rings is 2.